The Labute approximate surface area is 216 Å². The number of halogens is 2. The van der Waals surface area contributed by atoms with E-state index in [2.05, 4.69) is 20.3 Å². The van der Waals surface area contributed by atoms with Gasteiger partial charge in [0, 0.05) is 35.7 Å². The topological polar surface area (TPSA) is 124 Å². The Morgan fingerprint density at radius 3 is 2.68 bits per heavy atom. The van der Waals surface area contributed by atoms with E-state index in [1.807, 2.05) is 12.1 Å². The molecule has 1 N–H and O–H groups in total. The zero-order chi connectivity index (χ0) is 26.4. The first-order chi connectivity index (χ1) is 18.3. The van der Waals surface area contributed by atoms with E-state index in [-0.39, 0.29) is 18.7 Å². The lowest BCUT2D eigenvalue weighted by Crippen LogP contribution is -2.24. The van der Waals surface area contributed by atoms with Gasteiger partial charge in [-0.3, -0.25) is 9.78 Å². The molecule has 1 atom stereocenters. The van der Waals surface area contributed by atoms with Crippen LogP contribution in [0.2, 0.25) is 0 Å². The smallest absolute Gasteiger partial charge is 0.251 e. The van der Waals surface area contributed by atoms with Crippen molar-refractivity contribution < 1.29 is 26.7 Å². The number of alkyl halides is 1. The van der Waals surface area contributed by atoms with Gasteiger partial charge in [-0.05, 0) is 49.2 Å². The fourth-order valence-corrected chi connectivity index (χ4v) is 5.61. The van der Waals surface area contributed by atoms with E-state index in [4.69, 9.17) is 9.72 Å². The molecule has 1 aliphatic carbocycles. The molecule has 12 heteroatoms. The molecule has 3 aromatic heterocycles. The predicted molar refractivity (Wildman–Crippen MR) is 132 cm³/mol. The van der Waals surface area contributed by atoms with Gasteiger partial charge in [0.15, 0.2) is 11.6 Å². The summed E-state index contributed by atoms with van der Waals surface area (Å²) in [6.07, 6.45) is 5.10. The van der Waals surface area contributed by atoms with E-state index >= 15 is 0 Å². The van der Waals surface area contributed by atoms with Crippen LogP contribution < -0.4 is 10.1 Å². The van der Waals surface area contributed by atoms with Gasteiger partial charge in [-0.25, -0.2) is 32.2 Å². The highest BCUT2D eigenvalue weighted by molar-refractivity contribution is 7.92. The summed E-state index contributed by atoms with van der Waals surface area (Å²) in [6, 6.07) is 9.05. The van der Waals surface area contributed by atoms with Gasteiger partial charge in [-0.15, -0.1) is 0 Å². The second-order valence-corrected chi connectivity index (χ2v) is 11.2. The summed E-state index contributed by atoms with van der Waals surface area (Å²) in [7, 11) is -4.50. The van der Waals surface area contributed by atoms with Gasteiger partial charge >= 0.3 is 0 Å². The largest absolute Gasteiger partial charge is 0.489 e. The lowest BCUT2D eigenvalue weighted by molar-refractivity contribution is 0.0949. The van der Waals surface area contributed by atoms with Gasteiger partial charge < -0.3 is 10.1 Å². The standard InChI is InChI=1S/C26H21F2N5O4S/c27-18-9-16(10-22-24(18)37-8-6-23(28)38(22,35)36)26(34)31-13-17-11-21-15(12-30-17)3-4-19(32-21)20-5-7-29-25(33-20)14-1-2-14/h3-5,7,9-12,14,23H,1-2,6,8,13H2,(H,31,34)/t23-/m1/s1. The van der Waals surface area contributed by atoms with Crippen LogP contribution in [0, 0.1) is 5.82 Å². The number of ether oxygens (including phenoxy) is 1. The van der Waals surface area contributed by atoms with E-state index in [0.29, 0.717) is 22.8 Å². The number of sulfone groups is 1. The molecule has 6 rings (SSSR count). The minimum Gasteiger partial charge on any atom is -0.489 e. The Hall–Kier alpha value is -4.06. The van der Waals surface area contributed by atoms with Gasteiger partial charge in [0.2, 0.25) is 15.3 Å². The molecule has 2 aliphatic rings. The highest BCUT2D eigenvalue weighted by Crippen LogP contribution is 2.38. The predicted octanol–water partition coefficient (Wildman–Crippen LogP) is 3.89. The van der Waals surface area contributed by atoms with Crippen LogP contribution in [0.25, 0.3) is 22.3 Å². The van der Waals surface area contributed by atoms with Crippen molar-refractivity contribution in [1.82, 2.24) is 25.3 Å². The Morgan fingerprint density at radius 1 is 1.05 bits per heavy atom. The molecule has 1 fully saturated rings. The number of hydrogen-bond donors (Lipinski definition) is 1. The van der Waals surface area contributed by atoms with Crippen LogP contribution in [0.1, 0.15) is 47.1 Å². The van der Waals surface area contributed by atoms with E-state index in [1.54, 1.807) is 24.5 Å². The third-order valence-corrected chi connectivity index (χ3v) is 8.27. The number of hydrogen-bond acceptors (Lipinski definition) is 8. The summed E-state index contributed by atoms with van der Waals surface area (Å²) in [6.45, 7) is -0.328. The van der Waals surface area contributed by atoms with E-state index in [1.165, 1.54) is 0 Å². The highest BCUT2D eigenvalue weighted by atomic mass is 32.2. The zero-order valence-electron chi connectivity index (χ0n) is 19.9. The molecule has 1 aromatic carbocycles. The maximum Gasteiger partial charge on any atom is 0.251 e. The number of carbonyl (C=O) groups is 1. The van der Waals surface area contributed by atoms with Gasteiger partial charge in [0.25, 0.3) is 5.91 Å². The molecule has 0 unspecified atom stereocenters. The quantitative estimate of drug-likeness (QED) is 0.407. The minimum absolute atomic E-state index is 0.0340. The first-order valence-electron chi connectivity index (χ1n) is 12.0. The summed E-state index contributed by atoms with van der Waals surface area (Å²) in [5, 5.41) is 3.39. The van der Waals surface area contributed by atoms with Crippen molar-refractivity contribution in [2.45, 2.75) is 42.1 Å². The zero-order valence-corrected chi connectivity index (χ0v) is 20.7. The average Bonchev–Trinajstić information content (AvgIpc) is 3.78. The number of nitrogens with one attached hydrogen (secondary N) is 1. The van der Waals surface area contributed by atoms with Crippen molar-refractivity contribution in [2.75, 3.05) is 6.61 Å². The molecule has 38 heavy (non-hydrogen) atoms. The second-order valence-electron chi connectivity index (χ2n) is 9.20. The van der Waals surface area contributed by atoms with Crippen LogP contribution in [0.15, 0.2) is 53.7 Å². The summed E-state index contributed by atoms with van der Waals surface area (Å²) in [5.41, 5.74) is -0.0102. The molecule has 1 saturated carbocycles. The van der Waals surface area contributed by atoms with Crippen molar-refractivity contribution >= 4 is 26.6 Å². The number of fused-ring (bicyclic) bond motifs is 2. The summed E-state index contributed by atoms with van der Waals surface area (Å²) in [4.78, 5) is 30.1. The fourth-order valence-electron chi connectivity index (χ4n) is 4.22. The third-order valence-electron chi connectivity index (χ3n) is 6.45. The fraction of sp³-hybridized carbons (Fsp3) is 0.269. The Morgan fingerprint density at radius 2 is 1.87 bits per heavy atom. The van der Waals surface area contributed by atoms with E-state index in [0.717, 1.165) is 41.9 Å². The van der Waals surface area contributed by atoms with Crippen LogP contribution >= 0.6 is 0 Å². The molecular weight excluding hydrogens is 516 g/mol. The lowest BCUT2D eigenvalue weighted by atomic mass is 10.1. The number of rotatable bonds is 5. The number of amides is 1. The number of carbonyl (C=O) groups excluding carboxylic acids is 1. The SMILES string of the molecule is O=C(NCc1cc2nc(-c3ccnc(C4CC4)n3)ccc2cn1)c1cc(F)c2c(c1)S(=O)(=O)[C@@H](F)CCO2. The van der Waals surface area contributed by atoms with Gasteiger partial charge in [-0.2, -0.15) is 0 Å². The molecule has 9 nitrogen and oxygen atoms in total. The van der Waals surface area contributed by atoms with Crippen molar-refractivity contribution in [2.24, 2.45) is 0 Å². The van der Waals surface area contributed by atoms with Crippen LogP contribution in [0.3, 0.4) is 0 Å². The maximum atomic E-state index is 14.6. The van der Waals surface area contributed by atoms with Gasteiger partial charge in [-0.1, -0.05) is 0 Å². The summed E-state index contributed by atoms with van der Waals surface area (Å²) < 4.78 is 58.8. The number of pyridine rings is 2. The molecule has 4 aromatic rings. The molecule has 0 bridgehead atoms. The number of benzene rings is 1. The van der Waals surface area contributed by atoms with Crippen molar-refractivity contribution in [3.05, 3.63) is 71.7 Å². The number of aromatic nitrogens is 4. The van der Waals surface area contributed by atoms with Crippen LogP contribution in [0.4, 0.5) is 8.78 Å². The molecule has 0 saturated heterocycles. The first-order valence-corrected chi connectivity index (χ1v) is 13.6. The lowest BCUT2D eigenvalue weighted by Gasteiger charge is -2.12. The Kier molecular flexibility index (Phi) is 5.98. The third kappa shape index (κ3) is 4.55. The summed E-state index contributed by atoms with van der Waals surface area (Å²) >= 11 is 0. The van der Waals surface area contributed by atoms with Crippen LogP contribution in [-0.2, 0) is 16.4 Å². The van der Waals surface area contributed by atoms with Crippen LogP contribution in [0.5, 0.6) is 5.75 Å². The maximum absolute atomic E-state index is 14.6. The second kappa shape index (κ2) is 9.35. The molecule has 0 radical (unpaired) electrons. The molecule has 0 spiro atoms. The Bertz CT molecular complexity index is 1690. The summed E-state index contributed by atoms with van der Waals surface area (Å²) in [5.74, 6) is -1.15. The average molecular weight is 538 g/mol. The number of nitrogens with zero attached hydrogens (tertiary/aromatic N) is 4. The molecular formula is C26H21F2N5O4S. The van der Waals surface area contributed by atoms with Crippen LogP contribution in [-0.4, -0.2) is 46.4 Å². The minimum atomic E-state index is -4.50. The normalized spacial score (nSPS) is 18.3. The van der Waals surface area contributed by atoms with E-state index < -0.39 is 44.1 Å². The Balaban J connectivity index is 1.23. The first kappa shape index (κ1) is 24.3. The van der Waals surface area contributed by atoms with Gasteiger partial charge in [0.05, 0.1) is 35.8 Å². The van der Waals surface area contributed by atoms with Crippen molar-refractivity contribution in [1.29, 1.82) is 0 Å². The molecule has 1 amide bonds. The van der Waals surface area contributed by atoms with Crippen molar-refractivity contribution in [3.63, 3.8) is 0 Å². The molecule has 4 heterocycles. The molecule has 1 aliphatic heterocycles. The highest BCUT2D eigenvalue weighted by Gasteiger charge is 2.35. The van der Waals surface area contributed by atoms with E-state index in [9.17, 15) is 22.0 Å². The van der Waals surface area contributed by atoms with Crippen molar-refractivity contribution in [3.8, 4) is 17.1 Å². The monoisotopic (exact) mass is 537 g/mol. The van der Waals surface area contributed by atoms with Gasteiger partial charge in [0.1, 0.15) is 10.7 Å². The molecule has 194 valence electrons.